The molecule has 2 atom stereocenters. The Morgan fingerprint density at radius 1 is 1.09 bits per heavy atom. The van der Waals surface area contributed by atoms with Crippen LogP contribution in [0.3, 0.4) is 0 Å². The van der Waals surface area contributed by atoms with Crippen LogP contribution in [0.5, 0.6) is 0 Å². The quantitative estimate of drug-likeness (QED) is 0.527. The van der Waals surface area contributed by atoms with Gasteiger partial charge in [0.05, 0.1) is 16.6 Å². The number of nitrogens with zero attached hydrogens (tertiary/aromatic N) is 3. The van der Waals surface area contributed by atoms with Crippen LogP contribution in [0.25, 0.3) is 0 Å². The van der Waals surface area contributed by atoms with E-state index in [0.29, 0.717) is 11.6 Å². The average molecular weight is 497 g/mol. The van der Waals surface area contributed by atoms with Gasteiger partial charge in [-0.2, -0.15) is 10.1 Å². The molecule has 1 N–H and O–H groups in total. The van der Waals surface area contributed by atoms with Crippen molar-refractivity contribution in [3.05, 3.63) is 88.1 Å². The molecule has 0 radical (unpaired) electrons. The maximum atomic E-state index is 13.4. The predicted molar refractivity (Wildman–Crippen MR) is 130 cm³/mol. The maximum absolute atomic E-state index is 13.4. The van der Waals surface area contributed by atoms with Gasteiger partial charge in [-0.25, -0.2) is 13.8 Å². The van der Waals surface area contributed by atoms with Crippen LogP contribution in [-0.2, 0) is 9.59 Å². The van der Waals surface area contributed by atoms with Gasteiger partial charge in [0.1, 0.15) is 5.25 Å². The van der Waals surface area contributed by atoms with E-state index in [1.807, 2.05) is 47.8 Å². The minimum Gasteiger partial charge on any atom is -0.326 e. The standard InChI is InChI=1S/C24H18F2N4O2S2/c25-16-9-8-15(11-17(16)26)27-22(31)13-21-23(32)28-24(34-21)30-19(14-5-2-1-3-6-14)12-18(29-30)20-7-4-10-33-20/h1-11,19,21H,12-13H2,(H,27,31)/t19-,21-/m1/s1. The van der Waals surface area contributed by atoms with Gasteiger partial charge in [0, 0.05) is 24.6 Å². The van der Waals surface area contributed by atoms with Gasteiger partial charge in [-0.3, -0.25) is 9.59 Å². The summed E-state index contributed by atoms with van der Waals surface area (Å²) < 4.78 is 26.5. The molecule has 2 amide bonds. The van der Waals surface area contributed by atoms with E-state index in [-0.39, 0.29) is 18.2 Å². The van der Waals surface area contributed by atoms with Crippen LogP contribution >= 0.6 is 23.1 Å². The zero-order chi connectivity index (χ0) is 23.7. The molecule has 10 heteroatoms. The number of amidine groups is 1. The second-order valence-electron chi connectivity index (χ2n) is 7.72. The number of thiophene rings is 1. The largest absolute Gasteiger partial charge is 0.326 e. The van der Waals surface area contributed by atoms with E-state index >= 15 is 0 Å². The molecule has 0 bridgehead atoms. The summed E-state index contributed by atoms with van der Waals surface area (Å²) >= 11 is 2.79. The minimum absolute atomic E-state index is 0.118. The summed E-state index contributed by atoms with van der Waals surface area (Å²) in [5.74, 6) is -2.97. The molecule has 3 aromatic rings. The zero-order valence-corrected chi connectivity index (χ0v) is 19.3. The lowest BCUT2D eigenvalue weighted by Crippen LogP contribution is -2.25. The Morgan fingerprint density at radius 2 is 1.91 bits per heavy atom. The Bertz CT molecular complexity index is 1300. The van der Waals surface area contributed by atoms with Crippen molar-refractivity contribution in [1.29, 1.82) is 0 Å². The molecule has 0 spiro atoms. The highest BCUT2D eigenvalue weighted by molar-refractivity contribution is 8.15. The SMILES string of the molecule is O=C(C[C@H]1SC(N2N=C(c3cccs3)C[C@@H]2c2ccccc2)=NC1=O)Nc1ccc(F)c(F)c1. The number of carbonyl (C=O) groups is 2. The smallest absolute Gasteiger partial charge is 0.262 e. The van der Waals surface area contributed by atoms with Crippen LogP contribution in [0.2, 0.25) is 0 Å². The summed E-state index contributed by atoms with van der Waals surface area (Å²) in [6, 6.07) is 16.8. The molecule has 0 saturated heterocycles. The van der Waals surface area contributed by atoms with E-state index in [4.69, 9.17) is 5.10 Å². The first-order chi connectivity index (χ1) is 16.5. The van der Waals surface area contributed by atoms with Crippen molar-refractivity contribution in [3.8, 4) is 0 Å². The topological polar surface area (TPSA) is 74.1 Å². The summed E-state index contributed by atoms with van der Waals surface area (Å²) in [5, 5.41) is 10.8. The first-order valence-corrected chi connectivity index (χ1v) is 12.2. The second-order valence-corrected chi connectivity index (χ2v) is 9.84. The summed E-state index contributed by atoms with van der Waals surface area (Å²) in [7, 11) is 0. The van der Waals surface area contributed by atoms with Gasteiger partial charge < -0.3 is 5.32 Å². The normalized spacial score (nSPS) is 19.8. The molecule has 5 rings (SSSR count). The highest BCUT2D eigenvalue weighted by Crippen LogP contribution is 2.39. The van der Waals surface area contributed by atoms with Gasteiger partial charge in [-0.15, -0.1) is 11.3 Å². The molecule has 2 aromatic carbocycles. The van der Waals surface area contributed by atoms with Gasteiger partial charge in [0.2, 0.25) is 5.91 Å². The van der Waals surface area contributed by atoms with Crippen LogP contribution in [0.4, 0.5) is 14.5 Å². The van der Waals surface area contributed by atoms with Crippen LogP contribution in [0.1, 0.15) is 29.3 Å². The molecule has 1 aromatic heterocycles. The maximum Gasteiger partial charge on any atom is 0.262 e. The van der Waals surface area contributed by atoms with Crippen molar-refractivity contribution in [2.75, 3.05) is 5.32 Å². The molecule has 6 nitrogen and oxygen atoms in total. The van der Waals surface area contributed by atoms with Gasteiger partial charge in [0.25, 0.3) is 5.91 Å². The molecular formula is C24H18F2N4O2S2. The third-order valence-electron chi connectivity index (χ3n) is 5.40. The fourth-order valence-electron chi connectivity index (χ4n) is 3.77. The van der Waals surface area contributed by atoms with Crippen molar-refractivity contribution >= 4 is 51.5 Å². The number of rotatable bonds is 5. The van der Waals surface area contributed by atoms with Crippen molar-refractivity contribution in [2.24, 2.45) is 10.1 Å². The van der Waals surface area contributed by atoms with E-state index < -0.39 is 28.7 Å². The number of aliphatic imine (C=N–C) groups is 1. The fraction of sp³-hybridized carbons (Fsp3) is 0.167. The molecule has 0 fully saturated rings. The van der Waals surface area contributed by atoms with Crippen molar-refractivity contribution in [3.63, 3.8) is 0 Å². The van der Waals surface area contributed by atoms with Crippen molar-refractivity contribution < 1.29 is 18.4 Å². The van der Waals surface area contributed by atoms with Gasteiger partial charge in [0.15, 0.2) is 16.8 Å². The highest BCUT2D eigenvalue weighted by Gasteiger charge is 2.39. The molecule has 2 aliphatic heterocycles. The van der Waals surface area contributed by atoms with Gasteiger partial charge in [-0.05, 0) is 29.1 Å². The third-order valence-corrected chi connectivity index (χ3v) is 7.46. The summed E-state index contributed by atoms with van der Waals surface area (Å²) in [4.78, 5) is 30.3. The van der Waals surface area contributed by atoms with Crippen molar-refractivity contribution in [2.45, 2.75) is 24.1 Å². The summed E-state index contributed by atoms with van der Waals surface area (Å²) in [6.07, 6.45) is 0.514. The number of thioether (sulfide) groups is 1. The van der Waals surface area contributed by atoms with Crippen LogP contribution < -0.4 is 5.32 Å². The molecule has 34 heavy (non-hydrogen) atoms. The number of benzene rings is 2. The van der Waals surface area contributed by atoms with Crippen molar-refractivity contribution in [1.82, 2.24) is 5.01 Å². The van der Waals surface area contributed by atoms with E-state index in [9.17, 15) is 18.4 Å². The van der Waals surface area contributed by atoms with Gasteiger partial charge in [-0.1, -0.05) is 48.2 Å². The summed E-state index contributed by atoms with van der Waals surface area (Å²) in [6.45, 7) is 0. The molecule has 3 heterocycles. The Balaban J connectivity index is 1.31. The van der Waals surface area contributed by atoms with Crippen LogP contribution in [-0.4, -0.2) is 33.0 Å². The molecule has 2 aliphatic rings. The Labute approximate surface area is 202 Å². The summed E-state index contributed by atoms with van der Waals surface area (Å²) in [5.41, 5.74) is 2.08. The lowest BCUT2D eigenvalue weighted by atomic mass is 10.0. The Kier molecular flexibility index (Phi) is 6.25. The second kappa shape index (κ2) is 9.47. The molecular weight excluding hydrogens is 478 g/mol. The zero-order valence-electron chi connectivity index (χ0n) is 17.7. The highest BCUT2D eigenvalue weighted by atomic mass is 32.2. The number of carbonyl (C=O) groups excluding carboxylic acids is 2. The molecule has 0 aliphatic carbocycles. The van der Waals surface area contributed by atoms with Crippen LogP contribution in [0.15, 0.2) is 76.1 Å². The molecule has 0 unspecified atom stereocenters. The van der Waals surface area contributed by atoms with E-state index in [2.05, 4.69) is 10.3 Å². The number of anilines is 1. The number of nitrogens with one attached hydrogen (secondary N) is 1. The lowest BCUT2D eigenvalue weighted by molar-refractivity contribution is -0.121. The van der Waals surface area contributed by atoms with E-state index in [1.165, 1.54) is 17.8 Å². The predicted octanol–water partition coefficient (Wildman–Crippen LogP) is 5.20. The van der Waals surface area contributed by atoms with Gasteiger partial charge >= 0.3 is 0 Å². The van der Waals surface area contributed by atoms with E-state index in [1.54, 1.807) is 16.3 Å². The average Bonchev–Trinajstić information content (AvgIpc) is 3.57. The minimum atomic E-state index is -1.06. The Morgan fingerprint density at radius 3 is 2.65 bits per heavy atom. The number of hydrogen-bond acceptors (Lipinski definition) is 6. The monoisotopic (exact) mass is 496 g/mol. The third kappa shape index (κ3) is 4.64. The number of hydrogen-bond donors (Lipinski definition) is 1. The molecule has 172 valence electrons. The number of amides is 2. The van der Waals surface area contributed by atoms with Crippen LogP contribution in [0, 0.1) is 11.6 Å². The first-order valence-electron chi connectivity index (χ1n) is 10.5. The molecule has 0 saturated carbocycles. The lowest BCUT2D eigenvalue weighted by Gasteiger charge is -2.23. The Hall–Kier alpha value is -3.37. The fourth-order valence-corrected chi connectivity index (χ4v) is 5.55. The number of hydrazone groups is 1. The first kappa shape index (κ1) is 22.4. The number of halogens is 2. The van der Waals surface area contributed by atoms with E-state index in [0.717, 1.165) is 28.3 Å².